The van der Waals surface area contributed by atoms with E-state index in [1.807, 2.05) is 13.0 Å². The Kier molecular flexibility index (Phi) is 2.10. The van der Waals surface area contributed by atoms with Crippen molar-refractivity contribution >= 4 is 49.0 Å². The highest BCUT2D eigenvalue weighted by atomic mass is 79.9. The predicted octanol–water partition coefficient (Wildman–Crippen LogP) is 4.02. The molecule has 0 aliphatic heterocycles. The highest BCUT2D eigenvalue weighted by molar-refractivity contribution is 9.11. The first-order valence-electron chi connectivity index (χ1n) is 3.39. The van der Waals surface area contributed by atoms with Crippen LogP contribution in [0.25, 0.3) is 10.1 Å². The third kappa shape index (κ3) is 1.37. The molecule has 2 aromatic rings. The zero-order valence-corrected chi connectivity index (χ0v) is 9.42. The zero-order chi connectivity index (χ0) is 8.72. The molecule has 0 atom stereocenters. The predicted molar refractivity (Wildman–Crippen MR) is 57.1 cm³/mol. The molecule has 12 heavy (non-hydrogen) atoms. The van der Waals surface area contributed by atoms with Crippen LogP contribution in [-0.2, 0) is 0 Å². The Bertz CT molecular complexity index is 438. The Morgan fingerprint density at radius 3 is 3.00 bits per heavy atom. The largest absolute Gasteiger partial charge is 0.241 e. The van der Waals surface area contributed by atoms with Crippen LogP contribution in [0.2, 0.25) is 5.15 Å². The number of halogens is 2. The van der Waals surface area contributed by atoms with E-state index in [-0.39, 0.29) is 0 Å². The van der Waals surface area contributed by atoms with Crippen molar-refractivity contribution in [2.75, 3.05) is 0 Å². The third-order valence-corrected chi connectivity index (χ3v) is 3.42. The van der Waals surface area contributed by atoms with Crippen molar-refractivity contribution in [3.63, 3.8) is 0 Å². The molecular weight excluding hydrogens is 258 g/mol. The number of nitrogens with zero attached hydrogens (tertiary/aromatic N) is 1. The summed E-state index contributed by atoms with van der Waals surface area (Å²) in [7, 11) is 0. The molecule has 2 heterocycles. The van der Waals surface area contributed by atoms with Crippen LogP contribution < -0.4 is 0 Å². The van der Waals surface area contributed by atoms with Crippen molar-refractivity contribution < 1.29 is 0 Å². The van der Waals surface area contributed by atoms with Crippen molar-refractivity contribution in [1.29, 1.82) is 0 Å². The average Bonchev–Trinajstić information content (AvgIpc) is 2.29. The van der Waals surface area contributed by atoms with Gasteiger partial charge in [-0.15, -0.1) is 11.3 Å². The zero-order valence-electron chi connectivity index (χ0n) is 6.27. The van der Waals surface area contributed by atoms with Gasteiger partial charge in [0.1, 0.15) is 5.15 Å². The first kappa shape index (κ1) is 8.48. The van der Waals surface area contributed by atoms with E-state index in [1.165, 1.54) is 10.1 Å². The number of aromatic nitrogens is 1. The summed E-state index contributed by atoms with van der Waals surface area (Å²) in [6, 6.07) is 3.96. The van der Waals surface area contributed by atoms with Gasteiger partial charge in [-0.1, -0.05) is 11.6 Å². The number of hydrogen-bond donors (Lipinski definition) is 0. The lowest BCUT2D eigenvalue weighted by molar-refractivity contribution is 1.24. The van der Waals surface area contributed by atoms with Gasteiger partial charge in [-0.25, -0.2) is 4.98 Å². The van der Waals surface area contributed by atoms with E-state index in [0.717, 1.165) is 9.48 Å². The van der Waals surface area contributed by atoms with Gasteiger partial charge in [0.2, 0.25) is 0 Å². The lowest BCUT2D eigenvalue weighted by Gasteiger charge is -1.94. The van der Waals surface area contributed by atoms with Gasteiger partial charge in [0.15, 0.2) is 0 Å². The molecule has 0 aromatic carbocycles. The highest BCUT2D eigenvalue weighted by Gasteiger charge is 2.04. The topological polar surface area (TPSA) is 12.9 Å². The molecular formula is C8H5BrClNS. The van der Waals surface area contributed by atoms with Gasteiger partial charge in [0.05, 0.1) is 3.79 Å². The number of aryl methyl sites for hydroxylation is 1. The van der Waals surface area contributed by atoms with Crippen LogP contribution in [0.5, 0.6) is 0 Å². The first-order chi connectivity index (χ1) is 5.66. The first-order valence-corrected chi connectivity index (χ1v) is 5.38. The molecule has 4 heteroatoms. The number of fused-ring (bicyclic) bond motifs is 1. The molecule has 0 bridgehead atoms. The van der Waals surface area contributed by atoms with E-state index >= 15 is 0 Å². The smallest absolute Gasteiger partial charge is 0.130 e. The lowest BCUT2D eigenvalue weighted by atomic mass is 10.3. The van der Waals surface area contributed by atoms with Crippen molar-refractivity contribution in [3.8, 4) is 0 Å². The summed E-state index contributed by atoms with van der Waals surface area (Å²) in [5.74, 6) is 0. The minimum atomic E-state index is 0.564. The maximum absolute atomic E-state index is 5.81. The van der Waals surface area contributed by atoms with Gasteiger partial charge in [-0.2, -0.15) is 0 Å². The van der Waals surface area contributed by atoms with Gasteiger partial charge in [0.25, 0.3) is 0 Å². The molecule has 0 N–H and O–H groups in total. The van der Waals surface area contributed by atoms with Gasteiger partial charge in [0, 0.05) is 15.8 Å². The van der Waals surface area contributed by atoms with Crippen LogP contribution in [0.4, 0.5) is 0 Å². The number of rotatable bonds is 0. The van der Waals surface area contributed by atoms with Crippen LogP contribution in [-0.4, -0.2) is 4.98 Å². The van der Waals surface area contributed by atoms with Crippen LogP contribution >= 0.6 is 38.9 Å². The fraction of sp³-hybridized carbons (Fsp3) is 0.125. The van der Waals surface area contributed by atoms with Gasteiger partial charge in [-0.05, 0) is 35.0 Å². The van der Waals surface area contributed by atoms with Crippen LogP contribution in [0.15, 0.2) is 15.9 Å². The molecule has 0 aliphatic carbocycles. The molecule has 0 unspecified atom stereocenters. The lowest BCUT2D eigenvalue weighted by Crippen LogP contribution is -1.80. The second-order valence-corrected chi connectivity index (χ2v) is 5.34. The molecule has 0 saturated heterocycles. The van der Waals surface area contributed by atoms with Crippen molar-refractivity contribution in [1.82, 2.24) is 4.98 Å². The fourth-order valence-electron chi connectivity index (χ4n) is 1.12. The number of pyridine rings is 1. The standard InChI is InChI=1S/C8H5BrClNS/c1-4-5-2-7(9)12-6(5)3-8(10)11-4/h2-3H,1H3. The van der Waals surface area contributed by atoms with Crippen LogP contribution in [0.1, 0.15) is 5.69 Å². The molecule has 0 aliphatic rings. The van der Waals surface area contributed by atoms with E-state index < -0.39 is 0 Å². The molecule has 62 valence electrons. The summed E-state index contributed by atoms with van der Waals surface area (Å²) in [5, 5.41) is 1.74. The molecule has 2 aromatic heterocycles. The summed E-state index contributed by atoms with van der Waals surface area (Å²) >= 11 is 10.9. The molecule has 0 amide bonds. The Labute approximate surface area is 87.5 Å². The maximum atomic E-state index is 5.81. The summed E-state index contributed by atoms with van der Waals surface area (Å²) < 4.78 is 2.30. The van der Waals surface area contributed by atoms with Gasteiger partial charge >= 0.3 is 0 Å². The Morgan fingerprint density at radius 1 is 1.50 bits per heavy atom. The number of thiophene rings is 1. The van der Waals surface area contributed by atoms with Crippen molar-refractivity contribution in [2.45, 2.75) is 6.92 Å². The minimum absolute atomic E-state index is 0.564. The SMILES string of the molecule is Cc1nc(Cl)cc2sc(Br)cc12. The second kappa shape index (κ2) is 2.98. The van der Waals surface area contributed by atoms with Crippen LogP contribution in [0.3, 0.4) is 0 Å². The molecule has 2 rings (SSSR count). The van der Waals surface area contributed by atoms with Gasteiger partial charge in [-0.3, -0.25) is 0 Å². The normalized spacial score (nSPS) is 10.9. The molecule has 1 nitrogen and oxygen atoms in total. The third-order valence-electron chi connectivity index (χ3n) is 1.65. The maximum Gasteiger partial charge on any atom is 0.130 e. The average molecular weight is 263 g/mol. The minimum Gasteiger partial charge on any atom is -0.241 e. The highest BCUT2D eigenvalue weighted by Crippen LogP contribution is 2.32. The molecule has 0 radical (unpaired) electrons. The Hall–Kier alpha value is -0.120. The summed E-state index contributed by atoms with van der Waals surface area (Å²) in [5.41, 5.74) is 0.986. The molecule has 0 spiro atoms. The monoisotopic (exact) mass is 261 g/mol. The fourth-order valence-corrected chi connectivity index (χ4v) is 3.05. The van der Waals surface area contributed by atoms with Crippen molar-refractivity contribution in [3.05, 3.63) is 26.8 Å². The summed E-state index contributed by atoms with van der Waals surface area (Å²) in [6.07, 6.45) is 0. The summed E-state index contributed by atoms with van der Waals surface area (Å²) in [4.78, 5) is 4.17. The Balaban J connectivity index is 2.88. The van der Waals surface area contributed by atoms with E-state index in [9.17, 15) is 0 Å². The van der Waals surface area contributed by atoms with Crippen molar-refractivity contribution in [2.24, 2.45) is 0 Å². The van der Waals surface area contributed by atoms with E-state index in [0.29, 0.717) is 5.15 Å². The van der Waals surface area contributed by atoms with Crippen LogP contribution in [0, 0.1) is 6.92 Å². The van der Waals surface area contributed by atoms with E-state index in [1.54, 1.807) is 11.3 Å². The second-order valence-electron chi connectivity index (χ2n) is 2.49. The van der Waals surface area contributed by atoms with Gasteiger partial charge < -0.3 is 0 Å². The van der Waals surface area contributed by atoms with E-state index in [4.69, 9.17) is 11.6 Å². The van der Waals surface area contributed by atoms with E-state index in [2.05, 4.69) is 27.0 Å². The Morgan fingerprint density at radius 2 is 2.25 bits per heavy atom. The summed E-state index contributed by atoms with van der Waals surface area (Å²) in [6.45, 7) is 1.97. The molecule has 0 fully saturated rings. The quantitative estimate of drug-likeness (QED) is 0.654. The number of hydrogen-bond acceptors (Lipinski definition) is 2. The molecule has 0 saturated carbocycles.